The first-order valence-electron chi connectivity index (χ1n) is 9.13. The fourth-order valence-corrected chi connectivity index (χ4v) is 2.77. The first kappa shape index (κ1) is 20.1. The molecule has 2 heterocycles. The summed E-state index contributed by atoms with van der Waals surface area (Å²) < 4.78 is 11.9. The van der Waals surface area contributed by atoms with Crippen LogP contribution in [-0.4, -0.2) is 34.4 Å². The molecule has 150 valence electrons. The van der Waals surface area contributed by atoms with Gasteiger partial charge in [-0.25, -0.2) is 4.98 Å². The van der Waals surface area contributed by atoms with Crippen LogP contribution in [0.1, 0.15) is 28.7 Å². The molecule has 8 nitrogen and oxygen atoms in total. The molecule has 1 N–H and O–H groups in total. The number of benzene rings is 1. The monoisotopic (exact) mass is 395 g/mol. The molecule has 0 fully saturated rings. The van der Waals surface area contributed by atoms with Crippen molar-refractivity contribution in [1.82, 2.24) is 14.7 Å². The van der Waals surface area contributed by atoms with Crippen LogP contribution in [0.25, 0.3) is 5.65 Å². The van der Waals surface area contributed by atoms with Crippen molar-refractivity contribution in [3.63, 3.8) is 0 Å². The summed E-state index contributed by atoms with van der Waals surface area (Å²) in [6, 6.07) is 13.2. The molecule has 0 radical (unpaired) electrons. The molecule has 0 atom stereocenters. The Kier molecular flexibility index (Phi) is 6.23. The van der Waals surface area contributed by atoms with Crippen molar-refractivity contribution in [2.75, 3.05) is 13.2 Å². The highest BCUT2D eigenvalue weighted by Crippen LogP contribution is 2.12. The lowest BCUT2D eigenvalue weighted by Crippen LogP contribution is -2.30. The molecule has 0 saturated heterocycles. The summed E-state index contributed by atoms with van der Waals surface area (Å²) in [5.74, 6) is -0.365. The van der Waals surface area contributed by atoms with E-state index in [1.54, 1.807) is 36.4 Å². The predicted molar refractivity (Wildman–Crippen MR) is 106 cm³/mol. The average molecular weight is 395 g/mol. The Hall–Kier alpha value is -3.68. The Balaban J connectivity index is 1.54. The van der Waals surface area contributed by atoms with Crippen LogP contribution in [0.2, 0.25) is 0 Å². The number of fused-ring (bicyclic) bond motifs is 1. The first-order valence-corrected chi connectivity index (χ1v) is 9.13. The zero-order valence-corrected chi connectivity index (χ0v) is 16.2. The molecule has 0 bridgehead atoms. The number of pyridine rings is 1. The number of nitrogens with zero attached hydrogens (tertiary/aromatic N) is 2. The van der Waals surface area contributed by atoms with Gasteiger partial charge >= 0.3 is 5.97 Å². The van der Waals surface area contributed by atoms with Gasteiger partial charge in [-0.3, -0.25) is 18.8 Å². The average Bonchev–Trinajstić information content (AvgIpc) is 2.71. The van der Waals surface area contributed by atoms with E-state index in [0.717, 1.165) is 5.69 Å². The Morgan fingerprint density at radius 2 is 1.90 bits per heavy atom. The maximum atomic E-state index is 12.2. The predicted octanol–water partition coefficient (Wildman–Crippen LogP) is 1.87. The second kappa shape index (κ2) is 9.01. The zero-order chi connectivity index (χ0) is 20.8. The summed E-state index contributed by atoms with van der Waals surface area (Å²) in [4.78, 5) is 40.6. The minimum absolute atomic E-state index is 0.155. The number of carbonyl (C=O) groups is 2. The van der Waals surface area contributed by atoms with Gasteiger partial charge in [-0.05, 0) is 50.2 Å². The normalized spacial score (nSPS) is 10.6. The fourth-order valence-electron chi connectivity index (χ4n) is 2.77. The molecule has 3 aromatic rings. The van der Waals surface area contributed by atoms with E-state index in [4.69, 9.17) is 9.47 Å². The molecular formula is C21H21N3O5. The van der Waals surface area contributed by atoms with Crippen LogP contribution in [0.5, 0.6) is 5.75 Å². The Labute approximate surface area is 167 Å². The number of hydrogen-bond donors (Lipinski definition) is 1. The molecule has 0 unspecified atom stereocenters. The van der Waals surface area contributed by atoms with Crippen molar-refractivity contribution in [3.8, 4) is 5.75 Å². The molecule has 0 spiro atoms. The maximum Gasteiger partial charge on any atom is 0.325 e. The van der Waals surface area contributed by atoms with E-state index >= 15 is 0 Å². The lowest BCUT2D eigenvalue weighted by atomic mass is 10.2. The number of nitrogens with one attached hydrogen (secondary N) is 1. The molecule has 0 aliphatic heterocycles. The van der Waals surface area contributed by atoms with Crippen molar-refractivity contribution in [2.24, 2.45) is 0 Å². The van der Waals surface area contributed by atoms with Crippen molar-refractivity contribution >= 4 is 17.5 Å². The van der Waals surface area contributed by atoms with Gasteiger partial charge in [-0.2, -0.15) is 0 Å². The van der Waals surface area contributed by atoms with E-state index in [2.05, 4.69) is 10.3 Å². The third-order valence-corrected chi connectivity index (χ3v) is 4.13. The Bertz CT molecular complexity index is 1090. The fraction of sp³-hybridized carbons (Fsp3) is 0.238. The van der Waals surface area contributed by atoms with Crippen LogP contribution in [-0.2, 0) is 16.1 Å². The smallest absolute Gasteiger partial charge is 0.325 e. The van der Waals surface area contributed by atoms with E-state index in [1.807, 2.05) is 19.9 Å². The molecule has 29 heavy (non-hydrogen) atoms. The molecule has 1 amide bonds. The minimum atomic E-state index is -0.629. The summed E-state index contributed by atoms with van der Waals surface area (Å²) in [7, 11) is 0. The summed E-state index contributed by atoms with van der Waals surface area (Å²) in [6.45, 7) is 3.77. The van der Waals surface area contributed by atoms with Crippen LogP contribution < -0.4 is 15.6 Å². The largest absolute Gasteiger partial charge is 0.494 e. The van der Waals surface area contributed by atoms with Gasteiger partial charge in [0.05, 0.1) is 12.3 Å². The highest BCUT2D eigenvalue weighted by Gasteiger charge is 2.11. The van der Waals surface area contributed by atoms with Crippen LogP contribution in [0.4, 0.5) is 0 Å². The Morgan fingerprint density at radius 3 is 2.62 bits per heavy atom. The summed E-state index contributed by atoms with van der Waals surface area (Å²) in [6.07, 6.45) is 0. The minimum Gasteiger partial charge on any atom is -0.494 e. The van der Waals surface area contributed by atoms with E-state index in [1.165, 1.54) is 10.5 Å². The van der Waals surface area contributed by atoms with Gasteiger partial charge in [0, 0.05) is 17.3 Å². The zero-order valence-electron chi connectivity index (χ0n) is 16.2. The topological polar surface area (TPSA) is 99.0 Å². The molecule has 0 saturated carbocycles. The quantitative estimate of drug-likeness (QED) is 0.613. The SMILES string of the molecule is CCOc1ccc(C(=O)NCC(=O)OCc2cc(=O)n3c(C)cccc3n2)cc1. The van der Waals surface area contributed by atoms with Crippen LogP contribution in [0.3, 0.4) is 0 Å². The highest BCUT2D eigenvalue weighted by molar-refractivity contribution is 5.96. The number of hydrogen-bond acceptors (Lipinski definition) is 6. The number of carbonyl (C=O) groups excluding carboxylic acids is 2. The first-order chi connectivity index (χ1) is 14.0. The second-order valence-corrected chi connectivity index (χ2v) is 6.25. The number of amides is 1. The van der Waals surface area contributed by atoms with Crippen LogP contribution in [0, 0.1) is 6.92 Å². The summed E-state index contributed by atoms with van der Waals surface area (Å²) in [5.41, 5.74) is 1.74. The van der Waals surface area contributed by atoms with Crippen LogP contribution in [0.15, 0.2) is 53.3 Å². The number of esters is 1. The van der Waals surface area contributed by atoms with E-state index in [9.17, 15) is 14.4 Å². The third-order valence-electron chi connectivity index (χ3n) is 4.13. The van der Waals surface area contributed by atoms with E-state index in [0.29, 0.717) is 29.3 Å². The van der Waals surface area contributed by atoms with Gasteiger partial charge in [0.2, 0.25) is 0 Å². The maximum absolute atomic E-state index is 12.2. The number of ether oxygens (including phenoxy) is 2. The van der Waals surface area contributed by atoms with Crippen molar-refractivity contribution in [2.45, 2.75) is 20.5 Å². The van der Waals surface area contributed by atoms with Gasteiger partial charge in [-0.1, -0.05) is 6.07 Å². The molecule has 0 aliphatic carbocycles. The van der Waals surface area contributed by atoms with Crippen LogP contribution >= 0.6 is 0 Å². The summed E-state index contributed by atoms with van der Waals surface area (Å²) >= 11 is 0. The van der Waals surface area contributed by atoms with Crippen molar-refractivity contribution in [3.05, 3.63) is 75.8 Å². The van der Waals surface area contributed by atoms with E-state index in [-0.39, 0.29) is 18.7 Å². The van der Waals surface area contributed by atoms with Crippen molar-refractivity contribution < 1.29 is 19.1 Å². The lowest BCUT2D eigenvalue weighted by molar-refractivity contribution is -0.143. The molecule has 2 aromatic heterocycles. The Morgan fingerprint density at radius 1 is 1.14 bits per heavy atom. The summed E-state index contributed by atoms with van der Waals surface area (Å²) in [5, 5.41) is 2.49. The molecule has 1 aromatic carbocycles. The van der Waals surface area contributed by atoms with Gasteiger partial charge in [0.15, 0.2) is 0 Å². The van der Waals surface area contributed by atoms with E-state index < -0.39 is 11.9 Å². The van der Waals surface area contributed by atoms with Gasteiger partial charge in [0.25, 0.3) is 11.5 Å². The van der Waals surface area contributed by atoms with Gasteiger partial charge < -0.3 is 14.8 Å². The number of aromatic nitrogens is 2. The second-order valence-electron chi connectivity index (χ2n) is 6.25. The van der Waals surface area contributed by atoms with Gasteiger partial charge in [-0.15, -0.1) is 0 Å². The van der Waals surface area contributed by atoms with Crippen molar-refractivity contribution in [1.29, 1.82) is 0 Å². The molecule has 3 rings (SSSR count). The lowest BCUT2D eigenvalue weighted by Gasteiger charge is -2.09. The highest BCUT2D eigenvalue weighted by atomic mass is 16.5. The molecular weight excluding hydrogens is 374 g/mol. The standard InChI is InChI=1S/C21H21N3O5/c1-3-28-17-9-7-15(8-10-17)21(27)22-12-20(26)29-13-16-11-19(25)24-14(2)5-4-6-18(24)23-16/h4-11H,3,12-13H2,1-2H3,(H,22,27). The molecule has 0 aliphatic rings. The number of aryl methyl sites for hydroxylation is 1. The molecule has 8 heteroatoms. The third kappa shape index (κ3) is 4.98. The number of rotatable bonds is 7. The van der Waals surface area contributed by atoms with Gasteiger partial charge in [0.1, 0.15) is 24.5 Å².